The van der Waals surface area contributed by atoms with Crippen molar-refractivity contribution in [3.05, 3.63) is 70.5 Å². The number of amides is 1. The van der Waals surface area contributed by atoms with Crippen molar-refractivity contribution in [1.82, 2.24) is 5.32 Å². The molecule has 0 saturated heterocycles. The fourth-order valence-corrected chi connectivity index (χ4v) is 3.14. The fraction of sp³-hybridized carbons (Fsp3) is 0.350. The lowest BCUT2D eigenvalue weighted by atomic mass is 9.90. The predicted molar refractivity (Wildman–Crippen MR) is 89.9 cm³/mol. The molecule has 1 aliphatic carbocycles. The molecule has 120 valence electrons. The summed E-state index contributed by atoms with van der Waals surface area (Å²) in [5.74, 6) is -0.187. The van der Waals surface area contributed by atoms with Crippen LogP contribution in [0.1, 0.15) is 35.1 Å². The van der Waals surface area contributed by atoms with E-state index < -0.39 is 0 Å². The Morgan fingerprint density at radius 1 is 0.957 bits per heavy atom. The summed E-state index contributed by atoms with van der Waals surface area (Å²) in [5, 5.41) is 2.94. The molecule has 2 aromatic rings. The van der Waals surface area contributed by atoms with Gasteiger partial charge in [0, 0.05) is 6.54 Å². The molecule has 3 heteroatoms. The molecule has 1 aliphatic rings. The van der Waals surface area contributed by atoms with Crippen molar-refractivity contribution >= 4 is 5.91 Å². The van der Waals surface area contributed by atoms with Gasteiger partial charge in [-0.3, -0.25) is 4.79 Å². The van der Waals surface area contributed by atoms with E-state index in [1.807, 2.05) is 0 Å². The highest BCUT2D eigenvalue weighted by Crippen LogP contribution is 2.22. The lowest BCUT2D eigenvalue weighted by molar-refractivity contribution is -0.120. The van der Waals surface area contributed by atoms with Crippen LogP contribution in [0.4, 0.5) is 4.39 Å². The van der Waals surface area contributed by atoms with Gasteiger partial charge < -0.3 is 5.32 Å². The number of aryl methyl sites for hydroxylation is 2. The largest absolute Gasteiger partial charge is 0.355 e. The van der Waals surface area contributed by atoms with Crippen LogP contribution in [0.3, 0.4) is 0 Å². The lowest BCUT2D eigenvalue weighted by Crippen LogP contribution is -2.27. The van der Waals surface area contributed by atoms with Gasteiger partial charge >= 0.3 is 0 Å². The van der Waals surface area contributed by atoms with E-state index in [4.69, 9.17) is 0 Å². The number of benzene rings is 2. The van der Waals surface area contributed by atoms with E-state index in [0.29, 0.717) is 13.0 Å². The Morgan fingerprint density at radius 3 is 2.43 bits per heavy atom. The lowest BCUT2D eigenvalue weighted by Gasteiger charge is -2.16. The molecule has 1 N–H and O–H groups in total. The molecular formula is C20H22FNO. The van der Waals surface area contributed by atoms with E-state index in [0.717, 1.165) is 24.0 Å². The number of nitrogens with one attached hydrogen (secondary N) is 1. The second-order valence-corrected chi connectivity index (χ2v) is 6.21. The normalized spacial score (nSPS) is 13.4. The molecule has 0 aliphatic heterocycles. The van der Waals surface area contributed by atoms with Gasteiger partial charge in [0.2, 0.25) is 5.91 Å². The number of halogens is 1. The highest BCUT2D eigenvalue weighted by Gasteiger charge is 2.11. The van der Waals surface area contributed by atoms with Crippen LogP contribution in [0.2, 0.25) is 0 Å². The van der Waals surface area contributed by atoms with E-state index >= 15 is 0 Å². The first kappa shape index (κ1) is 15.7. The molecule has 1 amide bonds. The van der Waals surface area contributed by atoms with Crippen LogP contribution in [0.15, 0.2) is 42.5 Å². The maximum atomic E-state index is 12.8. The number of hydrogen-bond donors (Lipinski definition) is 1. The zero-order valence-electron chi connectivity index (χ0n) is 13.3. The third kappa shape index (κ3) is 4.41. The smallest absolute Gasteiger partial charge is 0.224 e. The van der Waals surface area contributed by atoms with Gasteiger partial charge in [0.15, 0.2) is 0 Å². The quantitative estimate of drug-likeness (QED) is 0.898. The Labute approximate surface area is 136 Å². The summed E-state index contributed by atoms with van der Waals surface area (Å²) in [5.41, 5.74) is 4.97. The molecular weight excluding hydrogens is 289 g/mol. The zero-order valence-corrected chi connectivity index (χ0v) is 13.3. The van der Waals surface area contributed by atoms with Crippen molar-refractivity contribution < 1.29 is 9.18 Å². The fourth-order valence-electron chi connectivity index (χ4n) is 3.14. The Morgan fingerprint density at radius 2 is 1.65 bits per heavy atom. The third-order valence-corrected chi connectivity index (χ3v) is 4.43. The maximum Gasteiger partial charge on any atom is 0.224 e. The molecule has 23 heavy (non-hydrogen) atoms. The minimum absolute atomic E-state index is 0.0443. The Hall–Kier alpha value is -2.16. The van der Waals surface area contributed by atoms with E-state index in [1.54, 1.807) is 12.1 Å². The summed E-state index contributed by atoms with van der Waals surface area (Å²) in [6.45, 7) is 0.579. The maximum absolute atomic E-state index is 12.8. The zero-order chi connectivity index (χ0) is 16.1. The molecule has 2 nitrogen and oxygen atoms in total. The van der Waals surface area contributed by atoms with Gasteiger partial charge in [-0.1, -0.05) is 30.3 Å². The van der Waals surface area contributed by atoms with Crippen LogP contribution in [0.25, 0.3) is 0 Å². The van der Waals surface area contributed by atoms with Crippen molar-refractivity contribution in [3.8, 4) is 0 Å². The molecule has 0 fully saturated rings. The standard InChI is InChI=1S/C20H22FNO/c21-19-9-6-15(7-10-19)11-12-22-20(23)14-16-5-8-17-3-1-2-4-18(17)13-16/h5-10,13H,1-4,11-12,14H2,(H,22,23). The van der Waals surface area contributed by atoms with E-state index in [9.17, 15) is 9.18 Å². The van der Waals surface area contributed by atoms with Crippen LogP contribution in [-0.2, 0) is 30.5 Å². The topological polar surface area (TPSA) is 29.1 Å². The number of carbonyl (C=O) groups excluding carboxylic acids is 1. The van der Waals surface area contributed by atoms with E-state index in [-0.39, 0.29) is 11.7 Å². The SMILES string of the molecule is O=C(Cc1ccc2c(c1)CCCC2)NCCc1ccc(F)cc1. The number of rotatable bonds is 5. The summed E-state index contributed by atoms with van der Waals surface area (Å²) in [7, 11) is 0. The Kier molecular flexibility index (Phi) is 5.06. The molecule has 3 rings (SSSR count). The molecule has 0 aromatic heterocycles. The van der Waals surface area contributed by atoms with Crippen molar-refractivity contribution in [2.75, 3.05) is 6.54 Å². The molecule has 2 aromatic carbocycles. The first-order valence-corrected chi connectivity index (χ1v) is 8.32. The van der Waals surface area contributed by atoms with Crippen molar-refractivity contribution in [1.29, 1.82) is 0 Å². The summed E-state index contributed by atoms with van der Waals surface area (Å²) >= 11 is 0. The van der Waals surface area contributed by atoms with Crippen LogP contribution in [0, 0.1) is 5.82 Å². The van der Waals surface area contributed by atoms with Crippen molar-refractivity contribution in [2.24, 2.45) is 0 Å². The minimum atomic E-state index is -0.231. The molecule has 0 atom stereocenters. The number of hydrogen-bond acceptors (Lipinski definition) is 1. The molecule has 0 heterocycles. The molecule has 0 bridgehead atoms. The van der Waals surface area contributed by atoms with Crippen LogP contribution in [-0.4, -0.2) is 12.5 Å². The second-order valence-electron chi connectivity index (χ2n) is 6.21. The molecule has 0 saturated carbocycles. The third-order valence-electron chi connectivity index (χ3n) is 4.43. The number of fused-ring (bicyclic) bond motifs is 1. The van der Waals surface area contributed by atoms with Crippen molar-refractivity contribution in [3.63, 3.8) is 0 Å². The molecule has 0 spiro atoms. The average Bonchev–Trinajstić information content (AvgIpc) is 2.56. The summed E-state index contributed by atoms with van der Waals surface area (Å²) in [6.07, 6.45) is 5.97. The van der Waals surface area contributed by atoms with Crippen molar-refractivity contribution in [2.45, 2.75) is 38.5 Å². The van der Waals surface area contributed by atoms with E-state index in [2.05, 4.69) is 23.5 Å². The monoisotopic (exact) mass is 311 g/mol. The number of carbonyl (C=O) groups is 1. The van der Waals surface area contributed by atoms with Gasteiger partial charge in [-0.2, -0.15) is 0 Å². The average molecular weight is 311 g/mol. The summed E-state index contributed by atoms with van der Waals surface area (Å²) in [6, 6.07) is 12.8. The highest BCUT2D eigenvalue weighted by atomic mass is 19.1. The van der Waals surface area contributed by atoms with E-state index in [1.165, 1.54) is 42.5 Å². The van der Waals surface area contributed by atoms with Gasteiger partial charge in [-0.15, -0.1) is 0 Å². The first-order chi connectivity index (χ1) is 11.2. The second kappa shape index (κ2) is 7.40. The minimum Gasteiger partial charge on any atom is -0.355 e. The molecule has 0 radical (unpaired) electrons. The van der Waals surface area contributed by atoms with Gasteiger partial charge in [-0.05, 0) is 66.5 Å². The van der Waals surface area contributed by atoms with Crippen LogP contribution in [0.5, 0.6) is 0 Å². The summed E-state index contributed by atoms with van der Waals surface area (Å²) < 4.78 is 12.8. The van der Waals surface area contributed by atoms with Gasteiger partial charge in [0.1, 0.15) is 5.82 Å². The summed E-state index contributed by atoms with van der Waals surface area (Å²) in [4.78, 5) is 12.1. The Balaban J connectivity index is 1.48. The first-order valence-electron chi connectivity index (χ1n) is 8.32. The van der Waals surface area contributed by atoms with Gasteiger partial charge in [-0.25, -0.2) is 4.39 Å². The highest BCUT2D eigenvalue weighted by molar-refractivity contribution is 5.78. The van der Waals surface area contributed by atoms with Gasteiger partial charge in [0.25, 0.3) is 0 Å². The molecule has 0 unspecified atom stereocenters. The van der Waals surface area contributed by atoms with Crippen LogP contribution >= 0.6 is 0 Å². The Bertz CT molecular complexity index is 679. The predicted octanol–water partition coefficient (Wildman–Crippen LogP) is 3.61. The van der Waals surface area contributed by atoms with Crippen LogP contribution < -0.4 is 5.32 Å². The van der Waals surface area contributed by atoms with Gasteiger partial charge in [0.05, 0.1) is 6.42 Å².